The minimum atomic E-state index is -0.784. The lowest BCUT2D eigenvalue weighted by Gasteiger charge is -2.32. The van der Waals surface area contributed by atoms with Crippen LogP contribution in [-0.4, -0.2) is 71.1 Å². The van der Waals surface area contributed by atoms with Gasteiger partial charge in [0.25, 0.3) is 11.8 Å². The molecule has 2 unspecified atom stereocenters. The lowest BCUT2D eigenvalue weighted by molar-refractivity contribution is -0.122. The second-order valence-electron chi connectivity index (χ2n) is 12.5. The second kappa shape index (κ2) is 14.7. The molecule has 3 aromatic carbocycles. The first-order valence-corrected chi connectivity index (χ1v) is 17.4. The van der Waals surface area contributed by atoms with Crippen LogP contribution in [0, 0.1) is 0 Å². The molecule has 10 nitrogen and oxygen atoms in total. The third-order valence-corrected chi connectivity index (χ3v) is 9.85. The van der Waals surface area contributed by atoms with Crippen LogP contribution in [0.4, 0.5) is 15.6 Å². The number of ether oxygens (including phenoxy) is 2. The van der Waals surface area contributed by atoms with Gasteiger partial charge in [-0.3, -0.25) is 24.3 Å². The van der Waals surface area contributed by atoms with Gasteiger partial charge < -0.3 is 14.8 Å². The van der Waals surface area contributed by atoms with E-state index in [2.05, 4.69) is 39.5 Å². The van der Waals surface area contributed by atoms with E-state index in [1.54, 1.807) is 40.3 Å². The standard InChI is InChI=1S/C37H39N5O5S/c43-34(39-30-12-13-30)29-10-14-31(15-11-29)41(36-38-18-23-48-36)35(44)33-17-16-32(42(33)37(45)47-25-27-4-2-1-3-5-27)28-8-6-26(7-9-28)24-40-19-21-46-22-20-40/h1-11,14-15,18,23,30,32-33H,12-13,16-17,19-22,24-25H2,(H,39,43). The Balaban J connectivity index is 1.15. The molecule has 1 saturated carbocycles. The number of thiazole rings is 1. The first kappa shape index (κ1) is 32.0. The number of likely N-dealkylation sites (tertiary alicyclic amines) is 1. The van der Waals surface area contributed by atoms with Gasteiger partial charge in [0, 0.05) is 42.8 Å². The van der Waals surface area contributed by atoms with Crippen molar-refractivity contribution in [1.29, 1.82) is 0 Å². The number of rotatable bonds is 10. The zero-order chi connectivity index (χ0) is 32.9. The fourth-order valence-electron chi connectivity index (χ4n) is 6.36. The first-order chi connectivity index (χ1) is 23.5. The van der Waals surface area contributed by atoms with Crippen molar-refractivity contribution in [3.63, 3.8) is 0 Å². The number of carbonyl (C=O) groups excluding carboxylic acids is 3. The molecule has 48 heavy (non-hydrogen) atoms. The molecule has 0 spiro atoms. The van der Waals surface area contributed by atoms with E-state index in [0.29, 0.717) is 29.2 Å². The van der Waals surface area contributed by atoms with E-state index < -0.39 is 12.1 Å². The molecular formula is C37H39N5O5S. The maximum Gasteiger partial charge on any atom is 0.411 e. The van der Waals surface area contributed by atoms with Crippen LogP contribution in [0.1, 0.15) is 58.8 Å². The molecule has 1 N–H and O–H groups in total. The molecule has 2 atom stereocenters. The van der Waals surface area contributed by atoms with E-state index in [1.165, 1.54) is 16.9 Å². The summed E-state index contributed by atoms with van der Waals surface area (Å²) in [4.78, 5) is 51.2. The number of aromatic nitrogens is 1. The van der Waals surface area contributed by atoms with Crippen molar-refractivity contribution in [3.8, 4) is 0 Å². The number of amides is 3. The van der Waals surface area contributed by atoms with Gasteiger partial charge in [0.15, 0.2) is 5.13 Å². The topological polar surface area (TPSA) is 104 Å². The van der Waals surface area contributed by atoms with Gasteiger partial charge in [-0.05, 0) is 66.6 Å². The highest BCUT2D eigenvalue weighted by atomic mass is 32.1. The Bertz CT molecular complexity index is 1690. The molecule has 0 bridgehead atoms. The Morgan fingerprint density at radius 3 is 2.33 bits per heavy atom. The molecule has 3 heterocycles. The highest BCUT2D eigenvalue weighted by Crippen LogP contribution is 2.40. The van der Waals surface area contributed by atoms with E-state index in [4.69, 9.17) is 9.47 Å². The molecule has 1 aromatic heterocycles. The minimum absolute atomic E-state index is 0.100. The van der Waals surface area contributed by atoms with E-state index in [0.717, 1.165) is 56.8 Å². The van der Waals surface area contributed by atoms with Gasteiger partial charge >= 0.3 is 6.09 Å². The average Bonchev–Trinajstić information content (AvgIpc) is 3.57. The molecule has 4 aromatic rings. The van der Waals surface area contributed by atoms with Crippen molar-refractivity contribution in [2.45, 2.75) is 57.0 Å². The molecule has 3 fully saturated rings. The van der Waals surface area contributed by atoms with Crippen LogP contribution in [-0.2, 0) is 27.4 Å². The molecule has 2 aliphatic heterocycles. The fourth-order valence-corrected chi connectivity index (χ4v) is 7.02. The van der Waals surface area contributed by atoms with Crippen molar-refractivity contribution in [3.05, 3.63) is 113 Å². The Labute approximate surface area is 284 Å². The number of benzene rings is 3. The molecule has 7 rings (SSSR count). The lowest BCUT2D eigenvalue weighted by Crippen LogP contribution is -2.47. The number of carbonyl (C=O) groups is 3. The highest BCUT2D eigenvalue weighted by Gasteiger charge is 2.45. The third-order valence-electron chi connectivity index (χ3n) is 9.09. The van der Waals surface area contributed by atoms with Crippen molar-refractivity contribution in [1.82, 2.24) is 20.1 Å². The van der Waals surface area contributed by atoms with Crippen LogP contribution in [0.15, 0.2) is 90.4 Å². The van der Waals surface area contributed by atoms with Gasteiger partial charge in [0.2, 0.25) is 0 Å². The summed E-state index contributed by atoms with van der Waals surface area (Å²) in [6, 6.07) is 24.0. The van der Waals surface area contributed by atoms with Crippen LogP contribution in [0.25, 0.3) is 0 Å². The first-order valence-electron chi connectivity index (χ1n) is 16.6. The number of nitrogens with zero attached hydrogens (tertiary/aromatic N) is 4. The summed E-state index contributed by atoms with van der Waals surface area (Å²) < 4.78 is 11.4. The molecule has 248 valence electrons. The van der Waals surface area contributed by atoms with Gasteiger partial charge in [-0.1, -0.05) is 54.6 Å². The monoisotopic (exact) mass is 665 g/mol. The molecule has 0 radical (unpaired) electrons. The number of hydrogen-bond donors (Lipinski definition) is 1. The van der Waals surface area contributed by atoms with Crippen molar-refractivity contribution < 1.29 is 23.9 Å². The van der Waals surface area contributed by atoms with Crippen molar-refractivity contribution in [2.24, 2.45) is 0 Å². The number of anilines is 2. The van der Waals surface area contributed by atoms with Gasteiger partial charge in [-0.25, -0.2) is 9.78 Å². The number of hydrogen-bond acceptors (Lipinski definition) is 8. The zero-order valence-corrected chi connectivity index (χ0v) is 27.5. The Morgan fingerprint density at radius 1 is 0.896 bits per heavy atom. The van der Waals surface area contributed by atoms with E-state index in [9.17, 15) is 14.4 Å². The molecule has 3 aliphatic rings. The van der Waals surface area contributed by atoms with Gasteiger partial charge in [0.05, 0.1) is 24.9 Å². The summed E-state index contributed by atoms with van der Waals surface area (Å²) in [5, 5.41) is 5.31. The average molecular weight is 666 g/mol. The van der Waals surface area contributed by atoms with Gasteiger partial charge in [-0.15, -0.1) is 11.3 Å². The summed E-state index contributed by atoms with van der Waals surface area (Å²) in [6.45, 7) is 4.23. The van der Waals surface area contributed by atoms with Crippen LogP contribution >= 0.6 is 11.3 Å². The van der Waals surface area contributed by atoms with Gasteiger partial charge in [0.1, 0.15) is 12.6 Å². The van der Waals surface area contributed by atoms with Crippen LogP contribution in [0.3, 0.4) is 0 Å². The van der Waals surface area contributed by atoms with Gasteiger partial charge in [-0.2, -0.15) is 0 Å². The maximum absolute atomic E-state index is 14.6. The summed E-state index contributed by atoms with van der Waals surface area (Å²) in [6.07, 6.45) is 4.18. The summed E-state index contributed by atoms with van der Waals surface area (Å²) in [7, 11) is 0. The SMILES string of the molecule is O=C(NC1CC1)c1ccc(N(C(=O)C2CCC(c3ccc(CN4CCOCC4)cc3)N2C(=O)OCc2ccccc2)c2nccs2)cc1. The minimum Gasteiger partial charge on any atom is -0.445 e. The number of morpholine rings is 1. The second-order valence-corrected chi connectivity index (χ2v) is 13.3. The van der Waals surface area contributed by atoms with Crippen molar-refractivity contribution >= 4 is 40.1 Å². The normalized spacial score (nSPS) is 19.5. The Hall–Kier alpha value is -4.58. The smallest absolute Gasteiger partial charge is 0.411 e. The Kier molecular flexibility index (Phi) is 9.78. The number of nitrogens with one attached hydrogen (secondary N) is 1. The Morgan fingerprint density at radius 2 is 1.65 bits per heavy atom. The van der Waals surface area contributed by atoms with Crippen molar-refractivity contribution in [2.75, 3.05) is 31.2 Å². The predicted molar refractivity (Wildman–Crippen MR) is 183 cm³/mol. The molecule has 1 aliphatic carbocycles. The molecule has 11 heteroatoms. The maximum atomic E-state index is 14.6. The lowest BCUT2D eigenvalue weighted by atomic mass is 10.0. The third kappa shape index (κ3) is 7.43. The van der Waals surface area contributed by atoms with Crippen LogP contribution in [0.5, 0.6) is 0 Å². The molecular weight excluding hydrogens is 627 g/mol. The fraction of sp³-hybridized carbons (Fsp3) is 0.351. The zero-order valence-electron chi connectivity index (χ0n) is 26.7. The predicted octanol–water partition coefficient (Wildman–Crippen LogP) is 6.07. The summed E-state index contributed by atoms with van der Waals surface area (Å²) >= 11 is 1.34. The summed E-state index contributed by atoms with van der Waals surface area (Å²) in [5.74, 6) is -0.402. The largest absolute Gasteiger partial charge is 0.445 e. The summed E-state index contributed by atoms with van der Waals surface area (Å²) in [5.41, 5.74) is 4.12. The van der Waals surface area contributed by atoms with E-state index >= 15 is 0 Å². The van der Waals surface area contributed by atoms with E-state index in [1.807, 2.05) is 35.7 Å². The van der Waals surface area contributed by atoms with Crippen LogP contribution in [0.2, 0.25) is 0 Å². The van der Waals surface area contributed by atoms with E-state index in [-0.39, 0.29) is 30.5 Å². The quantitative estimate of drug-likeness (QED) is 0.219. The molecule has 2 saturated heterocycles. The van der Waals surface area contributed by atoms with Crippen LogP contribution < -0.4 is 10.2 Å². The highest BCUT2D eigenvalue weighted by molar-refractivity contribution is 7.13. The molecule has 3 amide bonds.